The van der Waals surface area contributed by atoms with Gasteiger partial charge in [-0.15, -0.1) is 0 Å². The number of carboxylic acids is 1. The molecule has 1 aromatic carbocycles. The fourth-order valence-electron chi connectivity index (χ4n) is 2.75. The Labute approximate surface area is 127 Å². The summed E-state index contributed by atoms with van der Waals surface area (Å²) in [5.41, 5.74) is -0.776. The van der Waals surface area contributed by atoms with Crippen LogP contribution >= 0.6 is 0 Å². The maximum atomic E-state index is 14.0. The maximum Gasteiger partial charge on any atom is 0.341 e. The minimum Gasteiger partial charge on any atom is -0.494 e. The van der Waals surface area contributed by atoms with Gasteiger partial charge in [0.15, 0.2) is 11.6 Å². The average molecular weight is 313 g/mol. The lowest BCUT2D eigenvalue weighted by Gasteiger charge is -2.22. The van der Waals surface area contributed by atoms with Gasteiger partial charge in [0.05, 0.1) is 11.8 Å². The third-order valence-electron chi connectivity index (χ3n) is 3.75. The number of carbonyl (C=O) groups is 1. The van der Waals surface area contributed by atoms with Gasteiger partial charge >= 0.3 is 5.97 Å². The number of hydrogen-bond donors (Lipinski definition) is 2. The summed E-state index contributed by atoms with van der Waals surface area (Å²) in [4.78, 5) is 23.5. The molecule has 0 aliphatic carbocycles. The van der Waals surface area contributed by atoms with E-state index in [1.165, 1.54) is 0 Å². The SMILES string of the molecule is O=C(O)c1cc2c3c(c(=O)c(F)cn3c1O)-c1ccccc1O2. The van der Waals surface area contributed by atoms with Gasteiger partial charge in [0, 0.05) is 11.6 Å². The highest BCUT2D eigenvalue weighted by atomic mass is 19.1. The van der Waals surface area contributed by atoms with E-state index in [4.69, 9.17) is 9.84 Å². The van der Waals surface area contributed by atoms with Gasteiger partial charge in [-0.3, -0.25) is 9.20 Å². The Bertz CT molecular complexity index is 1070. The molecule has 114 valence electrons. The predicted octanol–water partition coefficient (Wildman–Crippen LogP) is 2.62. The molecule has 3 heterocycles. The Hall–Kier alpha value is -3.35. The van der Waals surface area contributed by atoms with E-state index in [0.717, 1.165) is 16.7 Å². The molecule has 0 saturated carbocycles. The highest BCUT2D eigenvalue weighted by molar-refractivity contribution is 5.96. The van der Waals surface area contributed by atoms with E-state index in [9.17, 15) is 19.1 Å². The summed E-state index contributed by atoms with van der Waals surface area (Å²) in [5.74, 6) is -2.81. The van der Waals surface area contributed by atoms with Gasteiger partial charge in [-0.2, -0.15) is 0 Å². The lowest BCUT2D eigenvalue weighted by atomic mass is 9.99. The zero-order chi connectivity index (χ0) is 16.3. The topological polar surface area (TPSA) is 88.2 Å². The zero-order valence-corrected chi connectivity index (χ0v) is 11.4. The van der Waals surface area contributed by atoms with Crippen LogP contribution in [0.5, 0.6) is 17.4 Å². The van der Waals surface area contributed by atoms with Crippen molar-refractivity contribution in [2.24, 2.45) is 0 Å². The predicted molar refractivity (Wildman–Crippen MR) is 77.8 cm³/mol. The van der Waals surface area contributed by atoms with E-state index in [1.807, 2.05) is 0 Å². The van der Waals surface area contributed by atoms with Crippen molar-refractivity contribution in [3.05, 3.63) is 58.1 Å². The van der Waals surface area contributed by atoms with Gasteiger partial charge in [-0.25, -0.2) is 9.18 Å². The fourth-order valence-corrected chi connectivity index (χ4v) is 2.75. The van der Waals surface area contributed by atoms with Crippen molar-refractivity contribution in [1.82, 2.24) is 4.40 Å². The van der Waals surface area contributed by atoms with Crippen molar-refractivity contribution in [2.75, 3.05) is 0 Å². The molecule has 0 spiro atoms. The van der Waals surface area contributed by atoms with Crippen LogP contribution in [0.15, 0.2) is 41.3 Å². The number of fused-ring (bicyclic) bond motifs is 2. The summed E-state index contributed by atoms with van der Waals surface area (Å²) >= 11 is 0. The van der Waals surface area contributed by atoms with E-state index in [0.29, 0.717) is 11.3 Å². The first-order valence-electron chi connectivity index (χ1n) is 6.60. The molecule has 6 nitrogen and oxygen atoms in total. The number of para-hydroxylation sites is 1. The van der Waals surface area contributed by atoms with E-state index in [1.54, 1.807) is 24.3 Å². The van der Waals surface area contributed by atoms with Gasteiger partial charge in [0.2, 0.25) is 11.3 Å². The highest BCUT2D eigenvalue weighted by Gasteiger charge is 2.28. The Morgan fingerprint density at radius 3 is 2.70 bits per heavy atom. The molecule has 0 atom stereocenters. The first-order valence-corrected chi connectivity index (χ1v) is 6.60. The first-order chi connectivity index (χ1) is 11.0. The number of aromatic hydroxyl groups is 1. The minimum absolute atomic E-state index is 0.0223. The van der Waals surface area contributed by atoms with E-state index in [-0.39, 0.29) is 16.8 Å². The standard InChI is InChI=1S/C16H8FNO5/c17-9-6-18-13-11(5-8(15(18)20)16(21)22)23-10-4-2-1-3-7(10)12(13)14(9)19/h1-6,20H,(H,21,22). The number of aromatic nitrogens is 1. The van der Waals surface area contributed by atoms with Crippen LogP contribution in [0.25, 0.3) is 16.6 Å². The Balaban J connectivity index is 2.28. The number of carboxylic acid groups (broad SMARTS) is 1. The van der Waals surface area contributed by atoms with Crippen molar-refractivity contribution in [2.45, 2.75) is 0 Å². The molecule has 2 aromatic heterocycles. The number of nitrogens with zero attached hydrogens (tertiary/aromatic N) is 1. The average Bonchev–Trinajstić information content (AvgIpc) is 2.53. The number of hydrogen-bond acceptors (Lipinski definition) is 4. The molecule has 23 heavy (non-hydrogen) atoms. The summed E-state index contributed by atoms with van der Waals surface area (Å²) < 4.78 is 20.6. The third kappa shape index (κ3) is 1.67. The van der Waals surface area contributed by atoms with Gasteiger partial charge in [0.1, 0.15) is 16.8 Å². The molecule has 0 fully saturated rings. The molecule has 1 aliphatic rings. The van der Waals surface area contributed by atoms with Crippen LogP contribution in [-0.2, 0) is 0 Å². The monoisotopic (exact) mass is 313 g/mol. The molecule has 3 aromatic rings. The van der Waals surface area contributed by atoms with Crippen molar-refractivity contribution < 1.29 is 24.1 Å². The molecular weight excluding hydrogens is 305 g/mol. The second kappa shape index (κ2) is 4.33. The summed E-state index contributed by atoms with van der Waals surface area (Å²) in [6.07, 6.45) is 0.754. The molecule has 1 aliphatic heterocycles. The molecule has 0 bridgehead atoms. The second-order valence-electron chi connectivity index (χ2n) is 5.05. The first kappa shape index (κ1) is 13.3. The number of pyridine rings is 2. The van der Waals surface area contributed by atoms with Crippen molar-refractivity contribution in [3.63, 3.8) is 0 Å². The quantitative estimate of drug-likeness (QED) is 0.564. The van der Waals surface area contributed by atoms with E-state index < -0.39 is 28.7 Å². The van der Waals surface area contributed by atoms with E-state index in [2.05, 4.69) is 0 Å². The summed E-state index contributed by atoms with van der Waals surface area (Å²) in [6, 6.07) is 7.64. The lowest BCUT2D eigenvalue weighted by Crippen LogP contribution is -2.17. The van der Waals surface area contributed by atoms with Gasteiger partial charge in [0.25, 0.3) is 0 Å². The van der Waals surface area contributed by atoms with Crippen molar-refractivity contribution in [3.8, 4) is 28.5 Å². The third-order valence-corrected chi connectivity index (χ3v) is 3.75. The molecule has 0 radical (unpaired) electrons. The van der Waals surface area contributed by atoms with Crippen LogP contribution in [0, 0.1) is 5.82 Å². The summed E-state index contributed by atoms with van der Waals surface area (Å²) in [7, 11) is 0. The number of aromatic carboxylic acids is 1. The van der Waals surface area contributed by atoms with Crippen LogP contribution in [0.2, 0.25) is 0 Å². The molecular formula is C16H8FNO5. The van der Waals surface area contributed by atoms with E-state index >= 15 is 0 Å². The van der Waals surface area contributed by atoms with Gasteiger partial charge in [-0.1, -0.05) is 18.2 Å². The number of ether oxygens (including phenoxy) is 1. The highest BCUT2D eigenvalue weighted by Crippen LogP contribution is 2.44. The Morgan fingerprint density at radius 1 is 1.22 bits per heavy atom. The van der Waals surface area contributed by atoms with Crippen LogP contribution in [-0.4, -0.2) is 20.6 Å². The van der Waals surface area contributed by atoms with Crippen molar-refractivity contribution in [1.29, 1.82) is 0 Å². The number of halogens is 1. The maximum absolute atomic E-state index is 14.0. The van der Waals surface area contributed by atoms with Crippen LogP contribution < -0.4 is 10.2 Å². The fraction of sp³-hybridized carbons (Fsp3) is 0. The summed E-state index contributed by atoms with van der Waals surface area (Å²) in [5, 5.41) is 19.3. The lowest BCUT2D eigenvalue weighted by molar-refractivity contribution is 0.0692. The Morgan fingerprint density at radius 2 is 1.96 bits per heavy atom. The summed E-state index contributed by atoms with van der Waals surface area (Å²) in [6.45, 7) is 0. The van der Waals surface area contributed by atoms with Crippen LogP contribution in [0.4, 0.5) is 4.39 Å². The zero-order valence-electron chi connectivity index (χ0n) is 11.4. The van der Waals surface area contributed by atoms with Gasteiger partial charge < -0.3 is 14.9 Å². The molecule has 2 N–H and O–H groups in total. The number of rotatable bonds is 1. The molecule has 0 saturated heterocycles. The van der Waals surface area contributed by atoms with Crippen LogP contribution in [0.1, 0.15) is 10.4 Å². The molecule has 0 amide bonds. The second-order valence-corrected chi connectivity index (χ2v) is 5.05. The number of benzene rings is 1. The Kier molecular flexibility index (Phi) is 2.51. The van der Waals surface area contributed by atoms with Gasteiger partial charge in [-0.05, 0) is 6.07 Å². The molecule has 0 unspecified atom stereocenters. The normalized spacial score (nSPS) is 11.9. The van der Waals surface area contributed by atoms with Crippen molar-refractivity contribution >= 4 is 11.5 Å². The largest absolute Gasteiger partial charge is 0.494 e. The molecule has 7 heteroatoms. The van der Waals surface area contributed by atoms with Crippen LogP contribution in [0.3, 0.4) is 0 Å². The minimum atomic E-state index is -1.40. The molecule has 4 rings (SSSR count). The smallest absolute Gasteiger partial charge is 0.341 e.